The van der Waals surface area contributed by atoms with Crippen LogP contribution < -0.4 is 4.74 Å². The van der Waals surface area contributed by atoms with Crippen molar-refractivity contribution in [2.24, 2.45) is 5.41 Å². The lowest BCUT2D eigenvalue weighted by Gasteiger charge is -2.40. The van der Waals surface area contributed by atoms with Gasteiger partial charge in [0.15, 0.2) is 40.5 Å². The molecule has 0 saturated carbocycles. The lowest BCUT2D eigenvalue weighted by Crippen LogP contribution is -2.46. The molecule has 9 heteroatoms. The molecule has 1 aliphatic carbocycles. The van der Waals surface area contributed by atoms with Gasteiger partial charge < -0.3 is 14.0 Å². The van der Waals surface area contributed by atoms with E-state index in [0.29, 0.717) is 56.1 Å². The Hall–Kier alpha value is -5.37. The highest BCUT2D eigenvalue weighted by Crippen LogP contribution is 2.54. The van der Waals surface area contributed by atoms with E-state index in [1.165, 1.54) is 14.2 Å². The summed E-state index contributed by atoms with van der Waals surface area (Å²) in [7, 11) is 5.05. The highest BCUT2D eigenvalue weighted by molar-refractivity contribution is 6.00. The van der Waals surface area contributed by atoms with E-state index in [0.717, 1.165) is 40.6 Å². The number of likely N-dealkylation sites (N-methyl/N-ethyl adjacent to an activating group) is 1. The smallest absolute Gasteiger partial charge is 0.219 e. The number of nitrogens with zero attached hydrogens (tertiary/aromatic N) is 1. The summed E-state index contributed by atoms with van der Waals surface area (Å²) in [5.41, 5.74) is 4.45. The van der Waals surface area contributed by atoms with Crippen molar-refractivity contribution in [1.29, 1.82) is 0 Å². The fourth-order valence-corrected chi connectivity index (χ4v) is 8.64. The van der Waals surface area contributed by atoms with Crippen LogP contribution in [0.3, 0.4) is 0 Å². The molecule has 300 valence electrons. The predicted molar refractivity (Wildman–Crippen MR) is 217 cm³/mol. The number of hydrogen-bond donors (Lipinski definition) is 0. The van der Waals surface area contributed by atoms with Crippen LogP contribution in [0.1, 0.15) is 82.3 Å². The quantitative estimate of drug-likeness (QED) is 0.0738. The molecule has 0 aromatic heterocycles. The molecule has 1 heterocycles. The van der Waals surface area contributed by atoms with E-state index < -0.39 is 45.7 Å². The Morgan fingerprint density at radius 3 is 1.81 bits per heavy atom. The van der Waals surface area contributed by atoms with Crippen molar-refractivity contribution in [3.8, 4) is 16.9 Å². The highest BCUT2D eigenvalue weighted by atomic mass is 19.2. The van der Waals surface area contributed by atoms with Gasteiger partial charge >= 0.3 is 0 Å². The van der Waals surface area contributed by atoms with Crippen LogP contribution in [0.5, 0.6) is 5.75 Å². The monoisotopic (exact) mass is 795 g/mol. The number of ether oxygens (including phenoxy) is 2. The highest BCUT2D eigenvalue weighted by Gasteiger charge is 2.49. The summed E-state index contributed by atoms with van der Waals surface area (Å²) in [6.07, 6.45) is 3.70. The Balaban J connectivity index is 1.70. The lowest BCUT2D eigenvalue weighted by molar-refractivity contribution is -0.945. The minimum atomic E-state index is -1.59. The van der Waals surface area contributed by atoms with Crippen molar-refractivity contribution in [2.75, 3.05) is 27.8 Å². The Kier molecular flexibility index (Phi) is 10.2. The minimum Gasteiger partial charge on any atom is -0.496 e. The molecule has 1 aliphatic heterocycles. The summed E-state index contributed by atoms with van der Waals surface area (Å²) in [6, 6.07) is 19.8. The van der Waals surface area contributed by atoms with Crippen molar-refractivity contribution < 1.29 is 40.3 Å². The largest absolute Gasteiger partial charge is 0.496 e. The Labute approximate surface area is 336 Å². The number of benzene rings is 5. The molecule has 5 aromatic rings. The van der Waals surface area contributed by atoms with E-state index in [1.54, 1.807) is 0 Å². The first-order valence-electron chi connectivity index (χ1n) is 19.2. The molecule has 0 N–H and O–H groups in total. The molecule has 2 atom stereocenters. The number of halogens is 6. The normalized spacial score (nSPS) is 17.7. The summed E-state index contributed by atoms with van der Waals surface area (Å²) in [5.74, 6) is -7.88. The molecule has 3 nitrogen and oxygen atoms in total. The molecule has 7 rings (SSSR count). The molecule has 0 radical (unpaired) electrons. The summed E-state index contributed by atoms with van der Waals surface area (Å²) < 4.78 is 103. The van der Waals surface area contributed by atoms with E-state index in [9.17, 15) is 8.78 Å². The van der Waals surface area contributed by atoms with Gasteiger partial charge in [-0.05, 0) is 59.0 Å². The van der Waals surface area contributed by atoms with Gasteiger partial charge in [-0.3, -0.25) is 0 Å². The van der Waals surface area contributed by atoms with Crippen LogP contribution in [0, 0.1) is 46.4 Å². The van der Waals surface area contributed by atoms with Gasteiger partial charge in [0.2, 0.25) is 5.76 Å². The third-order valence-corrected chi connectivity index (χ3v) is 11.7. The summed E-state index contributed by atoms with van der Waals surface area (Å²) in [5, 5.41) is 2.06. The van der Waals surface area contributed by atoms with Crippen molar-refractivity contribution in [3.05, 3.63) is 158 Å². The van der Waals surface area contributed by atoms with Crippen LogP contribution in [-0.2, 0) is 16.7 Å². The molecule has 5 aromatic carbocycles. The Bertz CT molecular complexity index is 2560. The maximum Gasteiger partial charge on any atom is 0.219 e. The van der Waals surface area contributed by atoms with Crippen LogP contribution in [-0.4, -0.2) is 32.3 Å². The van der Waals surface area contributed by atoms with E-state index in [4.69, 9.17) is 9.47 Å². The van der Waals surface area contributed by atoms with Gasteiger partial charge in [-0.2, -0.15) is 0 Å². The number of allylic oxidation sites excluding steroid dienone is 3. The first-order chi connectivity index (χ1) is 27.2. The molecule has 0 amide bonds. The van der Waals surface area contributed by atoms with Crippen LogP contribution in [0.15, 0.2) is 89.7 Å². The van der Waals surface area contributed by atoms with Crippen molar-refractivity contribution in [3.63, 3.8) is 0 Å². The second-order valence-corrected chi connectivity index (χ2v) is 17.7. The molecule has 1 unspecified atom stereocenters. The Morgan fingerprint density at radius 1 is 0.690 bits per heavy atom. The van der Waals surface area contributed by atoms with Gasteiger partial charge in [0.05, 0.1) is 32.4 Å². The van der Waals surface area contributed by atoms with E-state index in [1.807, 2.05) is 77.9 Å². The zero-order valence-electron chi connectivity index (χ0n) is 34.5. The third-order valence-electron chi connectivity index (χ3n) is 11.7. The van der Waals surface area contributed by atoms with Crippen molar-refractivity contribution in [1.82, 2.24) is 0 Å². The number of rotatable bonds is 6. The predicted octanol–water partition coefficient (Wildman–Crippen LogP) is 13.0. The molecular formula is C49H47F6NO2+2. The summed E-state index contributed by atoms with van der Waals surface area (Å²) in [4.78, 5) is 0. The zero-order valence-corrected chi connectivity index (χ0v) is 34.5. The van der Waals surface area contributed by atoms with Crippen molar-refractivity contribution in [2.45, 2.75) is 66.5 Å². The van der Waals surface area contributed by atoms with E-state index in [2.05, 4.69) is 32.2 Å². The average Bonchev–Trinajstić information content (AvgIpc) is 3.29. The fraction of sp³-hybridized carbons (Fsp3) is 0.306. The molecule has 0 fully saturated rings. The maximum absolute atomic E-state index is 15.3. The molecular weight excluding hydrogens is 749 g/mol. The second kappa shape index (κ2) is 14.5. The SMILES string of the molecule is COC1=C(C(C)(C)C)[C+]=C2C(=C1c1cc(F)c(F)c(F)c1)C[N@+](C)(C(C)c1cccc3ccccc13)Cc1c2cc(C(C)(C)C)c(OC)c1-c1cc(F)c(F)c(F)c1. The van der Waals surface area contributed by atoms with Crippen LogP contribution in [0.2, 0.25) is 0 Å². The summed E-state index contributed by atoms with van der Waals surface area (Å²) >= 11 is 0. The third kappa shape index (κ3) is 6.78. The van der Waals surface area contributed by atoms with Gasteiger partial charge in [-0.15, -0.1) is 0 Å². The second-order valence-electron chi connectivity index (χ2n) is 17.7. The fourth-order valence-electron chi connectivity index (χ4n) is 8.64. The average molecular weight is 796 g/mol. The maximum atomic E-state index is 15.3. The first kappa shape index (κ1) is 40.8. The molecule has 0 saturated heterocycles. The van der Waals surface area contributed by atoms with Gasteiger partial charge in [0.1, 0.15) is 41.6 Å². The minimum absolute atomic E-state index is 0.0734. The van der Waals surface area contributed by atoms with Gasteiger partial charge in [0.25, 0.3) is 0 Å². The summed E-state index contributed by atoms with van der Waals surface area (Å²) in [6.45, 7) is 14.4. The van der Waals surface area contributed by atoms with Gasteiger partial charge in [0, 0.05) is 33.7 Å². The van der Waals surface area contributed by atoms with Crippen LogP contribution >= 0.6 is 0 Å². The zero-order chi connectivity index (χ0) is 42.2. The van der Waals surface area contributed by atoms with E-state index >= 15 is 17.6 Å². The van der Waals surface area contributed by atoms with Crippen LogP contribution in [0.4, 0.5) is 26.3 Å². The number of hydrogen-bond acceptors (Lipinski definition) is 2. The van der Waals surface area contributed by atoms with Gasteiger partial charge in [-0.25, -0.2) is 26.3 Å². The molecule has 0 spiro atoms. The van der Waals surface area contributed by atoms with Crippen LogP contribution in [0.25, 0.3) is 33.0 Å². The Morgan fingerprint density at radius 2 is 1.26 bits per heavy atom. The molecule has 2 aliphatic rings. The molecule has 0 bridgehead atoms. The molecule has 58 heavy (non-hydrogen) atoms. The standard InChI is InChI=1S/C49H47F6NO2/c1-26(30-17-13-15-27-14-11-12-16-31(27)30)56(8)24-34-32(22-36(48(2,3)4)46(57-9)42(34)28-18-38(50)44(54)39(51)19-28)33-23-37(49(5,6)7)47(58-10)43(35(33)25-56)29-20-40(52)45(55)41(53)21-29/h11-22,26H,24-25H2,1-10H3/q+2/t26?,56-/m1/s1. The van der Waals surface area contributed by atoms with Gasteiger partial charge in [-0.1, -0.05) is 84.0 Å². The number of quaternary nitrogens is 1. The first-order valence-corrected chi connectivity index (χ1v) is 19.2. The number of fused-ring (bicyclic) bond motifs is 4. The number of methoxy groups -OCH3 is 2. The lowest BCUT2D eigenvalue weighted by atomic mass is 9.73. The topological polar surface area (TPSA) is 18.5 Å². The van der Waals surface area contributed by atoms with E-state index in [-0.39, 0.29) is 34.7 Å². The van der Waals surface area contributed by atoms with Crippen molar-refractivity contribution >= 4 is 21.9 Å².